The minimum Gasteiger partial charge on any atom is -0.467 e. The second-order valence-electron chi connectivity index (χ2n) is 6.64. The highest BCUT2D eigenvalue weighted by Crippen LogP contribution is 2.22. The number of guanidine groups is 1. The van der Waals surface area contributed by atoms with Crippen molar-refractivity contribution in [3.05, 3.63) is 24.2 Å². The van der Waals surface area contributed by atoms with Gasteiger partial charge in [-0.15, -0.1) is 24.0 Å². The van der Waals surface area contributed by atoms with Crippen LogP contribution in [0.25, 0.3) is 0 Å². The first-order chi connectivity index (χ1) is 13.0. The van der Waals surface area contributed by atoms with Gasteiger partial charge in [-0.2, -0.15) is 13.2 Å². The maximum absolute atomic E-state index is 12.5. The Bertz CT molecular complexity index is 556. The van der Waals surface area contributed by atoms with Gasteiger partial charge in [0.15, 0.2) is 5.96 Å². The topological polar surface area (TPSA) is 62.0 Å². The molecule has 2 N–H and O–H groups in total. The number of hydrogen-bond donors (Lipinski definition) is 2. The standard InChI is InChI=1S/C18H29F3N4O2.HI/c1-2-22-17(23-7-4-9-26-13-16-5-3-10-27-16)24-11-15-6-8-25(12-15)14-18(19,20)21;/h3,5,10,15H,2,4,6-9,11-14H2,1H3,(H2,22,23,24);1H. The van der Waals surface area contributed by atoms with Crippen LogP contribution in [0.1, 0.15) is 25.5 Å². The summed E-state index contributed by atoms with van der Waals surface area (Å²) in [6.45, 7) is 5.09. The van der Waals surface area contributed by atoms with Crippen LogP contribution < -0.4 is 10.6 Å². The van der Waals surface area contributed by atoms with Crippen LogP contribution in [0.2, 0.25) is 0 Å². The summed E-state index contributed by atoms with van der Waals surface area (Å²) in [5.74, 6) is 1.66. The Labute approximate surface area is 181 Å². The first-order valence-electron chi connectivity index (χ1n) is 9.37. The number of alkyl halides is 3. The Morgan fingerprint density at radius 3 is 2.89 bits per heavy atom. The second-order valence-corrected chi connectivity index (χ2v) is 6.64. The quantitative estimate of drug-likeness (QED) is 0.216. The molecule has 0 aromatic carbocycles. The molecule has 162 valence electrons. The highest BCUT2D eigenvalue weighted by molar-refractivity contribution is 14.0. The third-order valence-corrected chi connectivity index (χ3v) is 4.21. The molecule has 0 bridgehead atoms. The van der Waals surface area contributed by atoms with Gasteiger partial charge >= 0.3 is 6.18 Å². The van der Waals surface area contributed by atoms with E-state index in [0.29, 0.717) is 45.4 Å². The molecular weight excluding hydrogens is 488 g/mol. The van der Waals surface area contributed by atoms with E-state index in [4.69, 9.17) is 9.15 Å². The Hall–Kier alpha value is -1.01. The largest absolute Gasteiger partial charge is 0.467 e. The molecule has 10 heteroatoms. The molecular formula is C18H30F3IN4O2. The molecule has 1 unspecified atom stereocenters. The first-order valence-corrected chi connectivity index (χ1v) is 9.37. The summed E-state index contributed by atoms with van der Waals surface area (Å²) in [6.07, 6.45) is -0.951. The molecule has 6 nitrogen and oxygen atoms in total. The van der Waals surface area contributed by atoms with E-state index in [2.05, 4.69) is 15.6 Å². The van der Waals surface area contributed by atoms with Crippen molar-refractivity contribution in [1.29, 1.82) is 0 Å². The number of furan rings is 1. The SMILES string of the molecule is CCNC(=NCC1CCN(CC(F)(F)F)C1)NCCCOCc1ccco1.I. The smallest absolute Gasteiger partial charge is 0.401 e. The number of likely N-dealkylation sites (tertiary alicyclic amines) is 1. The first kappa shape index (κ1) is 25.0. The summed E-state index contributed by atoms with van der Waals surface area (Å²) in [7, 11) is 0. The highest BCUT2D eigenvalue weighted by Gasteiger charge is 2.34. The second kappa shape index (κ2) is 13.3. The lowest BCUT2D eigenvalue weighted by Crippen LogP contribution is -2.38. The molecule has 1 aromatic rings. The van der Waals surface area contributed by atoms with E-state index in [9.17, 15) is 13.2 Å². The fraction of sp³-hybridized carbons (Fsp3) is 0.722. The number of nitrogens with zero attached hydrogens (tertiary/aromatic N) is 2. The molecule has 0 amide bonds. The summed E-state index contributed by atoms with van der Waals surface area (Å²) in [6, 6.07) is 3.69. The van der Waals surface area contributed by atoms with Gasteiger partial charge in [0.1, 0.15) is 12.4 Å². The zero-order valence-corrected chi connectivity index (χ0v) is 18.5. The van der Waals surface area contributed by atoms with Crippen LogP contribution in [0.4, 0.5) is 13.2 Å². The predicted octanol–water partition coefficient (Wildman–Crippen LogP) is 3.24. The van der Waals surface area contributed by atoms with Gasteiger partial charge in [0, 0.05) is 32.8 Å². The van der Waals surface area contributed by atoms with E-state index in [0.717, 1.165) is 25.1 Å². The van der Waals surface area contributed by atoms with Gasteiger partial charge in [-0.3, -0.25) is 9.89 Å². The van der Waals surface area contributed by atoms with Gasteiger partial charge in [-0.25, -0.2) is 0 Å². The molecule has 0 aliphatic carbocycles. The van der Waals surface area contributed by atoms with Crippen molar-refractivity contribution in [2.45, 2.75) is 32.5 Å². The molecule has 1 aliphatic heterocycles. The van der Waals surface area contributed by atoms with Crippen molar-refractivity contribution < 1.29 is 22.3 Å². The zero-order valence-electron chi connectivity index (χ0n) is 16.1. The van der Waals surface area contributed by atoms with Crippen LogP contribution in [-0.2, 0) is 11.3 Å². The third-order valence-electron chi connectivity index (χ3n) is 4.21. The van der Waals surface area contributed by atoms with Gasteiger partial charge < -0.3 is 19.8 Å². The summed E-state index contributed by atoms with van der Waals surface area (Å²) in [5.41, 5.74) is 0. The van der Waals surface area contributed by atoms with Gasteiger partial charge in [-0.1, -0.05) is 0 Å². The minimum absolute atomic E-state index is 0. The van der Waals surface area contributed by atoms with Crippen LogP contribution in [0, 0.1) is 5.92 Å². The van der Waals surface area contributed by atoms with Crippen LogP contribution in [-0.4, -0.2) is 62.9 Å². The van der Waals surface area contributed by atoms with Gasteiger partial charge in [0.2, 0.25) is 0 Å². The van der Waals surface area contributed by atoms with E-state index < -0.39 is 12.7 Å². The third kappa shape index (κ3) is 10.5. The monoisotopic (exact) mass is 518 g/mol. The van der Waals surface area contributed by atoms with E-state index in [1.54, 1.807) is 6.26 Å². The van der Waals surface area contributed by atoms with Crippen molar-refractivity contribution in [3.8, 4) is 0 Å². The lowest BCUT2D eigenvalue weighted by molar-refractivity contribution is -0.143. The maximum atomic E-state index is 12.5. The molecule has 2 rings (SSSR count). The molecule has 2 heterocycles. The molecule has 1 aromatic heterocycles. The fourth-order valence-electron chi connectivity index (χ4n) is 2.97. The Morgan fingerprint density at radius 1 is 1.39 bits per heavy atom. The van der Waals surface area contributed by atoms with Gasteiger partial charge in [0.05, 0.1) is 12.8 Å². The maximum Gasteiger partial charge on any atom is 0.401 e. The molecule has 0 radical (unpaired) electrons. The molecule has 1 atom stereocenters. The van der Waals surface area contributed by atoms with Gasteiger partial charge in [-0.05, 0) is 44.4 Å². The summed E-state index contributed by atoms with van der Waals surface area (Å²) in [5, 5.41) is 6.39. The average molecular weight is 518 g/mol. The number of rotatable bonds is 10. The number of aliphatic imine (C=N–C) groups is 1. The van der Waals surface area contributed by atoms with E-state index >= 15 is 0 Å². The van der Waals surface area contributed by atoms with Crippen LogP contribution in [0.3, 0.4) is 0 Å². The van der Waals surface area contributed by atoms with Crippen molar-refractivity contribution >= 4 is 29.9 Å². The fourth-order valence-corrected chi connectivity index (χ4v) is 2.97. The van der Waals surface area contributed by atoms with Crippen LogP contribution in [0.5, 0.6) is 0 Å². The number of ether oxygens (including phenoxy) is 1. The van der Waals surface area contributed by atoms with Crippen LogP contribution >= 0.6 is 24.0 Å². The van der Waals surface area contributed by atoms with Crippen molar-refractivity contribution in [3.63, 3.8) is 0 Å². The lowest BCUT2D eigenvalue weighted by Gasteiger charge is -2.17. The molecule has 0 saturated carbocycles. The Kier molecular flexibility index (Phi) is 11.8. The predicted molar refractivity (Wildman–Crippen MR) is 113 cm³/mol. The Balaban J connectivity index is 0.00000392. The number of halogens is 4. The molecule has 0 spiro atoms. The lowest BCUT2D eigenvalue weighted by atomic mass is 10.1. The molecule has 1 saturated heterocycles. The number of hydrogen-bond acceptors (Lipinski definition) is 4. The molecule has 28 heavy (non-hydrogen) atoms. The average Bonchev–Trinajstić information content (AvgIpc) is 3.26. The summed E-state index contributed by atoms with van der Waals surface area (Å²) >= 11 is 0. The normalized spacial score (nSPS) is 18.1. The summed E-state index contributed by atoms with van der Waals surface area (Å²) < 4.78 is 48.1. The minimum atomic E-state index is -4.13. The van der Waals surface area contributed by atoms with Gasteiger partial charge in [0.25, 0.3) is 0 Å². The van der Waals surface area contributed by atoms with Crippen molar-refractivity contribution in [1.82, 2.24) is 15.5 Å². The van der Waals surface area contributed by atoms with Crippen LogP contribution in [0.15, 0.2) is 27.8 Å². The van der Waals surface area contributed by atoms with E-state index in [1.165, 1.54) is 4.90 Å². The molecule has 1 aliphatic rings. The zero-order chi connectivity index (χ0) is 19.5. The Morgan fingerprint density at radius 2 is 2.21 bits per heavy atom. The summed E-state index contributed by atoms with van der Waals surface area (Å²) in [4.78, 5) is 5.97. The van der Waals surface area contributed by atoms with E-state index in [-0.39, 0.29) is 29.9 Å². The van der Waals surface area contributed by atoms with E-state index in [1.807, 2.05) is 19.1 Å². The van der Waals surface area contributed by atoms with Crippen molar-refractivity contribution in [2.75, 3.05) is 45.9 Å². The number of nitrogens with one attached hydrogen (secondary N) is 2. The van der Waals surface area contributed by atoms with Crippen molar-refractivity contribution in [2.24, 2.45) is 10.9 Å². The molecule has 1 fully saturated rings. The highest BCUT2D eigenvalue weighted by atomic mass is 127.